The summed E-state index contributed by atoms with van der Waals surface area (Å²) in [5.74, 6) is -0.223. The number of nitrogens with one attached hydrogen (secondary N) is 3. The van der Waals surface area contributed by atoms with E-state index in [-0.39, 0.29) is 16.4 Å². The van der Waals surface area contributed by atoms with E-state index in [0.717, 1.165) is 0 Å². The van der Waals surface area contributed by atoms with E-state index in [4.69, 9.17) is 4.74 Å². The SMILES string of the molecule is CCNC(=O)[C@@H](C)NC(=O)c1cccc(S(=O)(=O)Nc2ccc(OCC)cc2)c1. The van der Waals surface area contributed by atoms with Crippen molar-refractivity contribution in [3.05, 3.63) is 54.1 Å². The van der Waals surface area contributed by atoms with Crippen molar-refractivity contribution in [1.82, 2.24) is 10.6 Å². The summed E-state index contributed by atoms with van der Waals surface area (Å²) in [6, 6.07) is 11.4. The molecule has 8 nitrogen and oxygen atoms in total. The van der Waals surface area contributed by atoms with Crippen LogP contribution in [0.25, 0.3) is 0 Å². The molecule has 156 valence electrons. The van der Waals surface area contributed by atoms with Crippen LogP contribution < -0.4 is 20.1 Å². The molecule has 2 amide bonds. The van der Waals surface area contributed by atoms with Crippen LogP contribution in [0, 0.1) is 0 Å². The van der Waals surface area contributed by atoms with Crippen LogP contribution in [0.5, 0.6) is 5.75 Å². The molecule has 0 fully saturated rings. The molecule has 9 heteroatoms. The maximum atomic E-state index is 12.7. The first-order valence-electron chi connectivity index (χ1n) is 9.21. The number of carbonyl (C=O) groups excluding carboxylic acids is 2. The minimum absolute atomic E-state index is 0.0651. The molecule has 0 heterocycles. The minimum Gasteiger partial charge on any atom is -0.494 e. The van der Waals surface area contributed by atoms with Gasteiger partial charge in [0.25, 0.3) is 15.9 Å². The number of amides is 2. The Labute approximate surface area is 170 Å². The van der Waals surface area contributed by atoms with Gasteiger partial charge in [-0.25, -0.2) is 8.42 Å². The molecule has 2 aromatic rings. The Morgan fingerprint density at radius 2 is 1.76 bits per heavy atom. The van der Waals surface area contributed by atoms with Gasteiger partial charge in [0.05, 0.1) is 11.5 Å². The van der Waals surface area contributed by atoms with Crippen molar-refractivity contribution < 1.29 is 22.7 Å². The summed E-state index contributed by atoms with van der Waals surface area (Å²) >= 11 is 0. The lowest BCUT2D eigenvalue weighted by Gasteiger charge is -2.14. The van der Waals surface area contributed by atoms with Crippen molar-refractivity contribution in [2.45, 2.75) is 31.7 Å². The van der Waals surface area contributed by atoms with Crippen LogP contribution in [0.3, 0.4) is 0 Å². The summed E-state index contributed by atoms with van der Waals surface area (Å²) in [7, 11) is -3.90. The van der Waals surface area contributed by atoms with E-state index < -0.39 is 22.0 Å². The lowest BCUT2D eigenvalue weighted by Crippen LogP contribution is -2.44. The largest absolute Gasteiger partial charge is 0.494 e. The summed E-state index contributed by atoms with van der Waals surface area (Å²) < 4.78 is 33.1. The zero-order chi connectivity index (χ0) is 21.4. The van der Waals surface area contributed by atoms with Crippen molar-refractivity contribution in [3.63, 3.8) is 0 Å². The third-order valence-corrected chi connectivity index (χ3v) is 5.29. The summed E-state index contributed by atoms with van der Waals surface area (Å²) in [4.78, 5) is 24.1. The predicted molar refractivity (Wildman–Crippen MR) is 110 cm³/mol. The Balaban J connectivity index is 2.14. The average Bonchev–Trinajstić information content (AvgIpc) is 2.69. The van der Waals surface area contributed by atoms with Gasteiger partial charge in [0.2, 0.25) is 5.91 Å². The van der Waals surface area contributed by atoms with Gasteiger partial charge in [0.15, 0.2) is 0 Å². The molecule has 0 aliphatic heterocycles. The van der Waals surface area contributed by atoms with Gasteiger partial charge in [-0.2, -0.15) is 0 Å². The normalized spacial score (nSPS) is 12.0. The molecule has 0 aromatic heterocycles. The Bertz CT molecular complexity index is 958. The topological polar surface area (TPSA) is 114 Å². The Morgan fingerprint density at radius 3 is 2.38 bits per heavy atom. The number of benzene rings is 2. The number of likely N-dealkylation sites (N-methyl/N-ethyl adjacent to an activating group) is 1. The van der Waals surface area contributed by atoms with E-state index in [1.54, 1.807) is 38.1 Å². The summed E-state index contributed by atoms with van der Waals surface area (Å²) in [6.45, 7) is 6.15. The molecular formula is C20H25N3O5S. The van der Waals surface area contributed by atoms with E-state index in [2.05, 4.69) is 15.4 Å². The van der Waals surface area contributed by atoms with Crippen LogP contribution in [-0.2, 0) is 14.8 Å². The molecule has 0 saturated carbocycles. The summed E-state index contributed by atoms with van der Waals surface area (Å²) in [5, 5.41) is 5.16. The van der Waals surface area contributed by atoms with E-state index in [9.17, 15) is 18.0 Å². The molecule has 2 rings (SSSR count). The fourth-order valence-electron chi connectivity index (χ4n) is 2.48. The van der Waals surface area contributed by atoms with Crippen LogP contribution in [0.4, 0.5) is 5.69 Å². The van der Waals surface area contributed by atoms with Gasteiger partial charge >= 0.3 is 0 Å². The van der Waals surface area contributed by atoms with Gasteiger partial charge in [0.1, 0.15) is 11.8 Å². The van der Waals surface area contributed by atoms with E-state index >= 15 is 0 Å². The summed E-state index contributed by atoms with van der Waals surface area (Å²) in [5.41, 5.74) is 0.504. The smallest absolute Gasteiger partial charge is 0.261 e. The molecule has 29 heavy (non-hydrogen) atoms. The van der Waals surface area contributed by atoms with E-state index in [1.165, 1.54) is 24.3 Å². The fraction of sp³-hybridized carbons (Fsp3) is 0.300. The summed E-state index contributed by atoms with van der Waals surface area (Å²) in [6.07, 6.45) is 0. The molecule has 0 spiro atoms. The molecule has 0 aliphatic rings. The number of hydrogen-bond donors (Lipinski definition) is 3. The molecule has 0 radical (unpaired) electrons. The zero-order valence-electron chi connectivity index (χ0n) is 16.6. The van der Waals surface area contributed by atoms with Crippen LogP contribution >= 0.6 is 0 Å². The van der Waals surface area contributed by atoms with E-state index in [1.807, 2.05) is 6.92 Å². The average molecular weight is 420 g/mol. The van der Waals surface area contributed by atoms with Gasteiger partial charge in [0, 0.05) is 17.8 Å². The van der Waals surface area contributed by atoms with E-state index in [0.29, 0.717) is 24.6 Å². The first kappa shape index (κ1) is 22.2. The molecule has 0 unspecified atom stereocenters. The van der Waals surface area contributed by atoms with Gasteiger partial charge in [-0.15, -0.1) is 0 Å². The van der Waals surface area contributed by atoms with Gasteiger partial charge in [-0.1, -0.05) is 6.07 Å². The van der Waals surface area contributed by atoms with Crippen molar-refractivity contribution in [2.24, 2.45) is 0 Å². The van der Waals surface area contributed by atoms with Gasteiger partial charge in [-0.05, 0) is 63.2 Å². The zero-order valence-corrected chi connectivity index (χ0v) is 17.4. The number of ether oxygens (including phenoxy) is 1. The molecule has 2 aromatic carbocycles. The van der Waals surface area contributed by atoms with Crippen molar-refractivity contribution in [1.29, 1.82) is 0 Å². The first-order chi connectivity index (χ1) is 13.8. The molecule has 1 atom stereocenters. The minimum atomic E-state index is -3.90. The quantitative estimate of drug-likeness (QED) is 0.576. The highest BCUT2D eigenvalue weighted by molar-refractivity contribution is 7.92. The maximum Gasteiger partial charge on any atom is 0.261 e. The monoisotopic (exact) mass is 419 g/mol. The third-order valence-electron chi connectivity index (χ3n) is 3.92. The van der Waals surface area contributed by atoms with Crippen LogP contribution in [0.1, 0.15) is 31.1 Å². The molecule has 0 aliphatic carbocycles. The van der Waals surface area contributed by atoms with Crippen molar-refractivity contribution >= 4 is 27.5 Å². The second-order valence-corrected chi connectivity index (χ2v) is 7.86. The predicted octanol–water partition coefficient (Wildman–Crippen LogP) is 2.14. The fourth-order valence-corrected chi connectivity index (χ4v) is 3.58. The second-order valence-electron chi connectivity index (χ2n) is 6.18. The Kier molecular flexibility index (Phi) is 7.60. The third kappa shape index (κ3) is 6.21. The highest BCUT2D eigenvalue weighted by Crippen LogP contribution is 2.20. The van der Waals surface area contributed by atoms with Gasteiger partial charge in [-0.3, -0.25) is 14.3 Å². The standard InChI is InChI=1S/C20H25N3O5S/c1-4-21-19(24)14(3)22-20(25)15-7-6-8-18(13-15)29(26,27)23-16-9-11-17(12-10-16)28-5-2/h6-14,23H,4-5H2,1-3H3,(H,21,24)(H,22,25)/t14-/m1/s1. The first-order valence-corrected chi connectivity index (χ1v) is 10.7. The van der Waals surface area contributed by atoms with Gasteiger partial charge < -0.3 is 15.4 Å². The van der Waals surface area contributed by atoms with Crippen molar-refractivity contribution in [2.75, 3.05) is 17.9 Å². The maximum absolute atomic E-state index is 12.7. The molecule has 3 N–H and O–H groups in total. The van der Waals surface area contributed by atoms with Crippen molar-refractivity contribution in [3.8, 4) is 5.75 Å². The Hall–Kier alpha value is -3.07. The van der Waals surface area contributed by atoms with Crippen LogP contribution in [0.2, 0.25) is 0 Å². The second kappa shape index (κ2) is 9.92. The number of sulfonamides is 1. The number of anilines is 1. The lowest BCUT2D eigenvalue weighted by molar-refractivity contribution is -0.122. The highest BCUT2D eigenvalue weighted by atomic mass is 32.2. The lowest BCUT2D eigenvalue weighted by atomic mass is 10.2. The molecule has 0 saturated heterocycles. The van der Waals surface area contributed by atoms with Crippen LogP contribution in [0.15, 0.2) is 53.4 Å². The number of hydrogen-bond acceptors (Lipinski definition) is 5. The number of carbonyl (C=O) groups is 2. The van der Waals surface area contributed by atoms with Crippen LogP contribution in [-0.4, -0.2) is 39.4 Å². The molecule has 0 bridgehead atoms. The highest BCUT2D eigenvalue weighted by Gasteiger charge is 2.19. The number of rotatable bonds is 9. The molecular weight excluding hydrogens is 394 g/mol. The Morgan fingerprint density at radius 1 is 1.07 bits per heavy atom.